The maximum Gasteiger partial charge on any atom is 0.219 e. The molecule has 3 N–H and O–H groups in total. The number of nitrogens with one attached hydrogen (secondary N) is 1. The maximum atomic E-state index is 13.4. The fourth-order valence-electron chi connectivity index (χ4n) is 3.15. The van der Waals surface area contributed by atoms with Crippen LogP contribution in [0.3, 0.4) is 0 Å². The standard InChI is InChI=1S/C21H22F2N4O/c1-13(28)27-10-9-20(25-2)17(12-27)21(24)26-16-6-3-14(4-7-16)15-5-8-18(22)19(23)11-15/h3-8,11,25H,9-10,12H2,1-2H3,(H2,24,26). The number of carbonyl (C=O) groups is 1. The molecule has 5 nitrogen and oxygen atoms in total. The van der Waals surface area contributed by atoms with Crippen molar-refractivity contribution >= 4 is 17.4 Å². The molecule has 28 heavy (non-hydrogen) atoms. The Hall–Kier alpha value is -3.22. The van der Waals surface area contributed by atoms with Gasteiger partial charge in [0.15, 0.2) is 11.6 Å². The number of nitrogens with two attached hydrogens (primary N) is 1. The molecule has 0 saturated carbocycles. The third-order valence-corrected chi connectivity index (χ3v) is 4.77. The van der Waals surface area contributed by atoms with Gasteiger partial charge < -0.3 is 16.0 Å². The van der Waals surface area contributed by atoms with E-state index in [9.17, 15) is 13.6 Å². The SMILES string of the molecule is CNC1=C(C(N)=Nc2ccc(-c3ccc(F)c(F)c3)cc2)CN(C(C)=O)CC1. The van der Waals surface area contributed by atoms with Gasteiger partial charge in [-0.1, -0.05) is 18.2 Å². The van der Waals surface area contributed by atoms with Crippen LogP contribution in [-0.4, -0.2) is 36.8 Å². The summed E-state index contributed by atoms with van der Waals surface area (Å²) in [5.74, 6) is -1.42. The first-order valence-electron chi connectivity index (χ1n) is 8.94. The van der Waals surface area contributed by atoms with Crippen LogP contribution in [0, 0.1) is 11.6 Å². The van der Waals surface area contributed by atoms with E-state index in [1.807, 2.05) is 7.05 Å². The molecule has 2 aromatic rings. The molecule has 0 unspecified atom stereocenters. The summed E-state index contributed by atoms with van der Waals surface area (Å²) in [6.45, 7) is 2.59. The van der Waals surface area contributed by atoms with Crippen LogP contribution in [0.1, 0.15) is 13.3 Å². The molecular formula is C21H22F2N4O. The van der Waals surface area contributed by atoms with E-state index in [2.05, 4.69) is 10.3 Å². The summed E-state index contributed by atoms with van der Waals surface area (Å²) in [4.78, 5) is 17.9. The lowest BCUT2D eigenvalue weighted by Crippen LogP contribution is -2.40. The highest BCUT2D eigenvalue weighted by Gasteiger charge is 2.22. The number of hydrogen-bond donors (Lipinski definition) is 2. The number of nitrogens with zero attached hydrogens (tertiary/aromatic N) is 2. The van der Waals surface area contributed by atoms with E-state index in [4.69, 9.17) is 5.73 Å². The van der Waals surface area contributed by atoms with Crippen LogP contribution >= 0.6 is 0 Å². The van der Waals surface area contributed by atoms with Gasteiger partial charge in [-0.05, 0) is 35.4 Å². The molecule has 146 valence electrons. The lowest BCUT2D eigenvalue weighted by Gasteiger charge is -2.29. The van der Waals surface area contributed by atoms with Gasteiger partial charge in [0.25, 0.3) is 0 Å². The molecule has 0 bridgehead atoms. The molecule has 0 saturated heterocycles. The lowest BCUT2D eigenvalue weighted by molar-refractivity contribution is -0.128. The van der Waals surface area contributed by atoms with Gasteiger partial charge >= 0.3 is 0 Å². The smallest absolute Gasteiger partial charge is 0.219 e. The number of rotatable bonds is 4. The first kappa shape index (κ1) is 19.5. The van der Waals surface area contributed by atoms with Crippen molar-refractivity contribution in [2.24, 2.45) is 10.7 Å². The zero-order valence-corrected chi connectivity index (χ0v) is 15.8. The van der Waals surface area contributed by atoms with Crippen LogP contribution in [0.4, 0.5) is 14.5 Å². The first-order chi connectivity index (χ1) is 13.4. The number of halogens is 2. The van der Waals surface area contributed by atoms with Crippen LogP contribution in [0.15, 0.2) is 58.7 Å². The van der Waals surface area contributed by atoms with Crippen molar-refractivity contribution in [2.75, 3.05) is 20.1 Å². The van der Waals surface area contributed by atoms with Crippen molar-refractivity contribution in [3.63, 3.8) is 0 Å². The number of aliphatic imine (C=N–C) groups is 1. The average molecular weight is 384 g/mol. The Labute approximate surface area is 162 Å². The third kappa shape index (κ3) is 4.19. The zero-order chi connectivity index (χ0) is 20.3. The molecule has 3 rings (SSSR count). The second-order valence-corrected chi connectivity index (χ2v) is 6.57. The van der Waals surface area contributed by atoms with Crippen molar-refractivity contribution < 1.29 is 13.6 Å². The molecular weight excluding hydrogens is 362 g/mol. The maximum absolute atomic E-state index is 13.4. The van der Waals surface area contributed by atoms with Gasteiger partial charge in [-0.15, -0.1) is 0 Å². The topological polar surface area (TPSA) is 70.7 Å². The second-order valence-electron chi connectivity index (χ2n) is 6.57. The van der Waals surface area contributed by atoms with Gasteiger partial charge in [-0.2, -0.15) is 0 Å². The van der Waals surface area contributed by atoms with E-state index in [1.54, 1.807) is 29.2 Å². The summed E-state index contributed by atoms with van der Waals surface area (Å²) in [5.41, 5.74) is 9.94. The van der Waals surface area contributed by atoms with Crippen molar-refractivity contribution in [3.8, 4) is 11.1 Å². The molecule has 0 radical (unpaired) electrons. The summed E-state index contributed by atoms with van der Waals surface area (Å²) in [6, 6.07) is 10.8. The molecule has 0 spiro atoms. The minimum atomic E-state index is -0.886. The molecule has 0 atom stereocenters. The molecule has 2 aromatic carbocycles. The van der Waals surface area contributed by atoms with Crippen molar-refractivity contribution in [1.82, 2.24) is 10.2 Å². The summed E-state index contributed by atoms with van der Waals surface area (Å²) in [5, 5.41) is 3.14. The van der Waals surface area contributed by atoms with Crippen molar-refractivity contribution in [2.45, 2.75) is 13.3 Å². The minimum absolute atomic E-state index is 0.00339. The monoisotopic (exact) mass is 384 g/mol. The predicted molar refractivity (Wildman–Crippen MR) is 106 cm³/mol. The van der Waals surface area contributed by atoms with Crippen molar-refractivity contribution in [3.05, 3.63) is 65.4 Å². The van der Waals surface area contributed by atoms with E-state index >= 15 is 0 Å². The number of hydrogen-bond acceptors (Lipinski definition) is 3. The summed E-state index contributed by atoms with van der Waals surface area (Å²) >= 11 is 0. The van der Waals surface area contributed by atoms with Gasteiger partial charge in [0.1, 0.15) is 5.84 Å². The van der Waals surface area contributed by atoms with Gasteiger partial charge in [0.2, 0.25) is 5.91 Å². The molecule has 1 aliphatic rings. The molecule has 0 aliphatic carbocycles. The largest absolute Gasteiger partial charge is 0.391 e. The Morgan fingerprint density at radius 2 is 1.79 bits per heavy atom. The molecule has 1 aliphatic heterocycles. The first-order valence-corrected chi connectivity index (χ1v) is 8.94. The molecule has 0 fully saturated rings. The van der Waals surface area contributed by atoms with Crippen LogP contribution in [-0.2, 0) is 4.79 Å². The normalized spacial score (nSPS) is 15.0. The van der Waals surface area contributed by atoms with Gasteiger partial charge in [-0.3, -0.25) is 4.79 Å². The Kier molecular flexibility index (Phi) is 5.73. The van der Waals surface area contributed by atoms with E-state index in [0.717, 1.165) is 29.0 Å². The highest BCUT2D eigenvalue weighted by Crippen LogP contribution is 2.25. The third-order valence-electron chi connectivity index (χ3n) is 4.77. The number of carbonyl (C=O) groups excluding carboxylic acids is 1. The fourth-order valence-corrected chi connectivity index (χ4v) is 3.15. The summed E-state index contributed by atoms with van der Waals surface area (Å²) in [6.07, 6.45) is 0.691. The Balaban J connectivity index is 1.85. The van der Waals surface area contributed by atoms with Crippen LogP contribution < -0.4 is 11.1 Å². The van der Waals surface area contributed by atoms with Gasteiger partial charge in [-0.25, -0.2) is 13.8 Å². The van der Waals surface area contributed by atoms with Crippen LogP contribution in [0.5, 0.6) is 0 Å². The highest BCUT2D eigenvalue weighted by molar-refractivity contribution is 6.00. The second kappa shape index (κ2) is 8.21. The number of amidine groups is 1. The lowest BCUT2D eigenvalue weighted by atomic mass is 10.0. The Bertz CT molecular complexity index is 951. The van der Waals surface area contributed by atoms with Gasteiger partial charge in [0.05, 0.1) is 12.2 Å². The summed E-state index contributed by atoms with van der Waals surface area (Å²) in [7, 11) is 1.82. The van der Waals surface area contributed by atoms with E-state index in [0.29, 0.717) is 36.6 Å². The minimum Gasteiger partial charge on any atom is -0.391 e. The molecule has 7 heteroatoms. The highest BCUT2D eigenvalue weighted by atomic mass is 19.2. The molecule has 1 heterocycles. The van der Waals surface area contributed by atoms with E-state index < -0.39 is 11.6 Å². The summed E-state index contributed by atoms with van der Waals surface area (Å²) < 4.78 is 26.5. The van der Waals surface area contributed by atoms with E-state index in [1.165, 1.54) is 13.0 Å². The predicted octanol–water partition coefficient (Wildman–Crippen LogP) is 3.35. The van der Waals surface area contributed by atoms with Gasteiger partial charge in [0, 0.05) is 38.2 Å². The Morgan fingerprint density at radius 1 is 1.11 bits per heavy atom. The van der Waals surface area contributed by atoms with Crippen molar-refractivity contribution in [1.29, 1.82) is 0 Å². The fraction of sp³-hybridized carbons (Fsp3) is 0.238. The van der Waals surface area contributed by atoms with E-state index in [-0.39, 0.29) is 5.91 Å². The molecule has 0 aromatic heterocycles. The quantitative estimate of drug-likeness (QED) is 0.627. The number of benzene rings is 2. The zero-order valence-electron chi connectivity index (χ0n) is 15.8. The average Bonchev–Trinajstić information content (AvgIpc) is 2.70. The van der Waals surface area contributed by atoms with Crippen LogP contribution in [0.25, 0.3) is 11.1 Å². The Morgan fingerprint density at radius 3 is 2.39 bits per heavy atom. The number of amides is 1. The van der Waals surface area contributed by atoms with Crippen LogP contribution in [0.2, 0.25) is 0 Å². The molecule has 1 amide bonds.